The van der Waals surface area contributed by atoms with E-state index in [-0.39, 0.29) is 18.7 Å². The van der Waals surface area contributed by atoms with Crippen LogP contribution < -0.4 is 10.6 Å². The maximum Gasteiger partial charge on any atom is 0.315 e. The van der Waals surface area contributed by atoms with E-state index in [9.17, 15) is 4.79 Å². The summed E-state index contributed by atoms with van der Waals surface area (Å²) in [7, 11) is 0. The number of nitrogens with one attached hydrogen (secondary N) is 2. The number of hydrogen-bond acceptors (Lipinski definition) is 2. The summed E-state index contributed by atoms with van der Waals surface area (Å²) in [6.45, 7) is 4.40. The van der Waals surface area contributed by atoms with E-state index in [1.165, 1.54) is 0 Å². The highest BCUT2D eigenvalue weighted by Crippen LogP contribution is 2.05. The van der Waals surface area contributed by atoms with Crippen LogP contribution in [0.4, 0.5) is 4.79 Å². The molecule has 4 nitrogen and oxygen atoms in total. The minimum atomic E-state index is -0.242. The number of urea groups is 1. The van der Waals surface area contributed by atoms with Crippen molar-refractivity contribution in [1.29, 1.82) is 0 Å². The van der Waals surface area contributed by atoms with Crippen LogP contribution in [0, 0.1) is 6.92 Å². The largest absolute Gasteiger partial charge is 0.394 e. The third-order valence-corrected chi connectivity index (χ3v) is 2.75. The van der Waals surface area contributed by atoms with Gasteiger partial charge in [-0.1, -0.05) is 31.2 Å². The molecule has 1 atom stereocenters. The molecule has 0 fully saturated rings. The number of aliphatic hydroxyl groups is 1. The van der Waals surface area contributed by atoms with E-state index in [1.807, 2.05) is 38.1 Å². The number of rotatable bonds is 5. The molecule has 1 aromatic rings. The van der Waals surface area contributed by atoms with Crippen LogP contribution in [0.25, 0.3) is 0 Å². The molecular weight excluding hydrogens is 216 g/mol. The fourth-order valence-corrected chi connectivity index (χ4v) is 1.50. The van der Waals surface area contributed by atoms with Crippen LogP contribution in [-0.2, 0) is 6.54 Å². The smallest absolute Gasteiger partial charge is 0.315 e. The fourth-order valence-electron chi connectivity index (χ4n) is 1.50. The minimum absolute atomic E-state index is 0.0334. The van der Waals surface area contributed by atoms with Gasteiger partial charge in [0.25, 0.3) is 0 Å². The van der Waals surface area contributed by atoms with Crippen molar-refractivity contribution in [1.82, 2.24) is 10.6 Å². The number of aliphatic hydroxyl groups excluding tert-OH is 1. The van der Waals surface area contributed by atoms with Gasteiger partial charge in [0.05, 0.1) is 12.6 Å². The molecule has 17 heavy (non-hydrogen) atoms. The molecular formula is C13H20N2O2. The molecule has 3 N–H and O–H groups in total. The van der Waals surface area contributed by atoms with E-state index in [1.54, 1.807) is 0 Å². The van der Waals surface area contributed by atoms with Crippen LogP contribution in [0.2, 0.25) is 0 Å². The van der Waals surface area contributed by atoms with Gasteiger partial charge in [0.1, 0.15) is 0 Å². The standard InChI is InChI=1S/C13H20N2O2/c1-3-12(9-16)15-13(17)14-8-11-7-5-4-6-10(11)2/h4-7,12,16H,3,8-9H2,1-2H3,(H2,14,15,17). The van der Waals surface area contributed by atoms with Gasteiger partial charge in [-0.25, -0.2) is 4.79 Å². The summed E-state index contributed by atoms with van der Waals surface area (Å²) in [5.41, 5.74) is 2.25. The summed E-state index contributed by atoms with van der Waals surface area (Å²) in [6.07, 6.45) is 0.717. The highest BCUT2D eigenvalue weighted by atomic mass is 16.3. The van der Waals surface area contributed by atoms with Crippen LogP contribution in [0.1, 0.15) is 24.5 Å². The first-order valence-electron chi connectivity index (χ1n) is 5.87. The second-order valence-electron chi connectivity index (χ2n) is 4.04. The topological polar surface area (TPSA) is 61.4 Å². The lowest BCUT2D eigenvalue weighted by Crippen LogP contribution is -2.43. The maximum atomic E-state index is 11.5. The van der Waals surface area contributed by atoms with Gasteiger partial charge in [-0.3, -0.25) is 0 Å². The zero-order chi connectivity index (χ0) is 12.7. The molecule has 0 bridgehead atoms. The Morgan fingerprint density at radius 2 is 2.12 bits per heavy atom. The second kappa shape index (κ2) is 6.91. The van der Waals surface area contributed by atoms with Gasteiger partial charge in [-0.2, -0.15) is 0 Å². The highest BCUT2D eigenvalue weighted by molar-refractivity contribution is 5.74. The number of hydrogen-bond donors (Lipinski definition) is 3. The monoisotopic (exact) mass is 236 g/mol. The van der Waals surface area contributed by atoms with Gasteiger partial charge >= 0.3 is 6.03 Å². The Hall–Kier alpha value is -1.55. The first kappa shape index (κ1) is 13.5. The van der Waals surface area contributed by atoms with Crippen molar-refractivity contribution < 1.29 is 9.90 Å². The molecule has 2 amide bonds. The van der Waals surface area contributed by atoms with Crippen molar-refractivity contribution in [2.75, 3.05) is 6.61 Å². The van der Waals surface area contributed by atoms with Crippen LogP contribution in [0.3, 0.4) is 0 Å². The van der Waals surface area contributed by atoms with Gasteiger partial charge < -0.3 is 15.7 Å². The Kier molecular flexibility index (Phi) is 5.49. The van der Waals surface area contributed by atoms with Gasteiger partial charge in [-0.15, -0.1) is 0 Å². The van der Waals surface area contributed by atoms with E-state index in [4.69, 9.17) is 5.11 Å². The molecule has 0 aliphatic heterocycles. The minimum Gasteiger partial charge on any atom is -0.394 e. The van der Waals surface area contributed by atoms with Gasteiger partial charge in [0.2, 0.25) is 0 Å². The van der Waals surface area contributed by atoms with E-state index in [0.717, 1.165) is 11.1 Å². The summed E-state index contributed by atoms with van der Waals surface area (Å²) in [5.74, 6) is 0. The molecule has 1 aromatic carbocycles. The first-order chi connectivity index (χ1) is 8.17. The molecule has 0 aromatic heterocycles. The van der Waals surface area contributed by atoms with Crippen molar-refractivity contribution in [2.45, 2.75) is 32.9 Å². The van der Waals surface area contributed by atoms with Crippen LogP contribution in [0.5, 0.6) is 0 Å². The lowest BCUT2D eigenvalue weighted by Gasteiger charge is -2.15. The lowest BCUT2D eigenvalue weighted by atomic mass is 10.1. The predicted octanol–water partition coefficient (Wildman–Crippen LogP) is 1.57. The number of benzene rings is 1. The van der Waals surface area contributed by atoms with Crippen LogP contribution in [0.15, 0.2) is 24.3 Å². The van der Waals surface area contributed by atoms with Crippen LogP contribution in [-0.4, -0.2) is 23.8 Å². The maximum absolute atomic E-state index is 11.5. The number of amides is 2. The Morgan fingerprint density at radius 3 is 2.71 bits per heavy atom. The van der Waals surface area contributed by atoms with E-state index in [2.05, 4.69) is 10.6 Å². The molecule has 0 saturated heterocycles. The lowest BCUT2D eigenvalue weighted by molar-refractivity contribution is 0.214. The second-order valence-corrected chi connectivity index (χ2v) is 4.04. The number of aryl methyl sites for hydroxylation is 1. The molecule has 0 aliphatic carbocycles. The average molecular weight is 236 g/mol. The summed E-state index contributed by atoms with van der Waals surface area (Å²) in [6, 6.07) is 7.50. The molecule has 0 aliphatic rings. The zero-order valence-electron chi connectivity index (χ0n) is 10.4. The summed E-state index contributed by atoms with van der Waals surface area (Å²) in [5, 5.41) is 14.4. The molecule has 94 valence electrons. The van der Waals surface area contributed by atoms with E-state index in [0.29, 0.717) is 13.0 Å². The van der Waals surface area contributed by atoms with Crippen molar-refractivity contribution in [3.8, 4) is 0 Å². The molecule has 0 heterocycles. The van der Waals surface area contributed by atoms with E-state index >= 15 is 0 Å². The average Bonchev–Trinajstić information content (AvgIpc) is 2.35. The Labute approximate surface area is 102 Å². The molecule has 0 radical (unpaired) electrons. The number of carbonyl (C=O) groups excluding carboxylic acids is 1. The Bertz CT molecular complexity index is 362. The summed E-state index contributed by atoms with van der Waals surface area (Å²) >= 11 is 0. The van der Waals surface area contributed by atoms with Crippen LogP contribution >= 0.6 is 0 Å². The summed E-state index contributed by atoms with van der Waals surface area (Å²) in [4.78, 5) is 11.5. The SMILES string of the molecule is CCC(CO)NC(=O)NCc1ccccc1C. The third-order valence-electron chi connectivity index (χ3n) is 2.75. The summed E-state index contributed by atoms with van der Waals surface area (Å²) < 4.78 is 0. The van der Waals surface area contributed by atoms with Crippen molar-refractivity contribution in [2.24, 2.45) is 0 Å². The van der Waals surface area contributed by atoms with Gasteiger partial charge in [0, 0.05) is 6.54 Å². The van der Waals surface area contributed by atoms with Crippen molar-refractivity contribution in [3.63, 3.8) is 0 Å². The van der Waals surface area contributed by atoms with Crippen molar-refractivity contribution >= 4 is 6.03 Å². The Morgan fingerprint density at radius 1 is 1.41 bits per heavy atom. The molecule has 0 spiro atoms. The molecule has 4 heteroatoms. The molecule has 1 unspecified atom stereocenters. The van der Waals surface area contributed by atoms with E-state index < -0.39 is 0 Å². The molecule has 1 rings (SSSR count). The highest BCUT2D eigenvalue weighted by Gasteiger charge is 2.08. The normalized spacial score (nSPS) is 11.9. The quantitative estimate of drug-likeness (QED) is 0.726. The fraction of sp³-hybridized carbons (Fsp3) is 0.462. The molecule has 0 saturated carbocycles. The first-order valence-corrected chi connectivity index (χ1v) is 5.87. The Balaban J connectivity index is 2.41. The van der Waals surface area contributed by atoms with Gasteiger partial charge in [-0.05, 0) is 24.5 Å². The zero-order valence-corrected chi connectivity index (χ0v) is 10.4. The predicted molar refractivity (Wildman–Crippen MR) is 67.7 cm³/mol. The van der Waals surface area contributed by atoms with Crippen molar-refractivity contribution in [3.05, 3.63) is 35.4 Å². The third kappa shape index (κ3) is 4.44. The van der Waals surface area contributed by atoms with Gasteiger partial charge in [0.15, 0.2) is 0 Å². The number of carbonyl (C=O) groups is 1.